The van der Waals surface area contributed by atoms with Crippen molar-refractivity contribution in [2.45, 2.75) is 5.41 Å². The Kier molecular flexibility index (Phi) is 7.75. The van der Waals surface area contributed by atoms with Crippen molar-refractivity contribution < 1.29 is 0 Å². The van der Waals surface area contributed by atoms with E-state index in [9.17, 15) is 0 Å². The van der Waals surface area contributed by atoms with Crippen molar-refractivity contribution in [1.29, 1.82) is 0 Å². The van der Waals surface area contributed by atoms with Crippen LogP contribution in [0.1, 0.15) is 22.3 Å². The van der Waals surface area contributed by atoms with Crippen molar-refractivity contribution >= 4 is 38.9 Å². The van der Waals surface area contributed by atoms with Crippen LogP contribution in [0.4, 0.5) is 17.1 Å². The maximum Gasteiger partial charge on any atom is 0.0714 e. The van der Waals surface area contributed by atoms with Gasteiger partial charge in [0.2, 0.25) is 0 Å². The lowest BCUT2D eigenvalue weighted by atomic mass is 9.67. The van der Waals surface area contributed by atoms with E-state index in [0.29, 0.717) is 0 Å². The first-order chi connectivity index (χ1) is 28.3. The molecule has 0 fully saturated rings. The molecule has 0 bridgehead atoms. The average molecular weight is 727 g/mol. The first-order valence-electron chi connectivity index (χ1n) is 19.7. The summed E-state index contributed by atoms with van der Waals surface area (Å²) in [5, 5.41) is 2.42. The van der Waals surface area contributed by atoms with Crippen LogP contribution in [0.25, 0.3) is 49.7 Å². The van der Waals surface area contributed by atoms with Crippen LogP contribution in [0.15, 0.2) is 231 Å². The van der Waals surface area contributed by atoms with E-state index in [1.807, 2.05) is 0 Å². The molecule has 0 aliphatic heterocycles. The summed E-state index contributed by atoms with van der Waals surface area (Å²) in [4.78, 5) is 2.51. The van der Waals surface area contributed by atoms with E-state index in [1.165, 1.54) is 66.3 Å². The highest BCUT2D eigenvalue weighted by Crippen LogP contribution is 2.58. The SMILES string of the molecule is c1ccc(-c2ccccc2N(c2ccc3c(c2)C(c2ccccc2)(c2ccccc2)c2ccccc2-3)c2cccc3c2c2ccccc2n3-c2ccccc2)cc1. The molecule has 1 aromatic heterocycles. The fourth-order valence-electron chi connectivity index (χ4n) is 9.55. The molecular formula is C55H38N2. The van der Waals surface area contributed by atoms with Gasteiger partial charge in [-0.3, -0.25) is 0 Å². The predicted octanol–water partition coefficient (Wildman–Crippen LogP) is 14.3. The van der Waals surface area contributed by atoms with E-state index in [2.05, 4.69) is 240 Å². The van der Waals surface area contributed by atoms with Crippen LogP contribution in [0.5, 0.6) is 0 Å². The number of nitrogens with zero attached hydrogens (tertiary/aromatic N) is 2. The smallest absolute Gasteiger partial charge is 0.0714 e. The van der Waals surface area contributed by atoms with Gasteiger partial charge < -0.3 is 9.47 Å². The third-order valence-corrected chi connectivity index (χ3v) is 11.9. The zero-order valence-corrected chi connectivity index (χ0v) is 31.3. The molecule has 0 saturated heterocycles. The summed E-state index contributed by atoms with van der Waals surface area (Å²) in [5.41, 5.74) is 16.3. The van der Waals surface area contributed by atoms with Gasteiger partial charge in [0.1, 0.15) is 0 Å². The molecule has 1 heterocycles. The molecule has 1 aliphatic rings. The summed E-state index contributed by atoms with van der Waals surface area (Å²) < 4.78 is 2.41. The average Bonchev–Trinajstić information content (AvgIpc) is 3.79. The lowest BCUT2D eigenvalue weighted by Gasteiger charge is -2.35. The zero-order valence-electron chi connectivity index (χ0n) is 31.3. The molecule has 57 heavy (non-hydrogen) atoms. The third kappa shape index (κ3) is 5.04. The number of hydrogen-bond donors (Lipinski definition) is 0. The molecule has 0 amide bonds. The highest BCUT2D eigenvalue weighted by molar-refractivity contribution is 6.17. The number of rotatable bonds is 7. The molecule has 11 rings (SSSR count). The maximum atomic E-state index is 2.51. The van der Waals surface area contributed by atoms with Crippen molar-refractivity contribution in [2.75, 3.05) is 4.90 Å². The highest BCUT2D eigenvalue weighted by Gasteiger charge is 2.46. The molecule has 0 radical (unpaired) electrons. The Morgan fingerprint density at radius 3 is 1.65 bits per heavy atom. The Balaban J connectivity index is 1.25. The number of benzene rings is 9. The summed E-state index contributed by atoms with van der Waals surface area (Å²) in [6, 6.07) is 84.3. The van der Waals surface area contributed by atoms with Gasteiger partial charge in [-0.05, 0) is 87.5 Å². The summed E-state index contributed by atoms with van der Waals surface area (Å²) in [7, 11) is 0. The first-order valence-corrected chi connectivity index (χ1v) is 19.7. The second-order valence-electron chi connectivity index (χ2n) is 14.8. The van der Waals surface area contributed by atoms with Crippen LogP contribution in [0, 0.1) is 0 Å². The fraction of sp³-hybridized carbons (Fsp3) is 0.0182. The molecule has 10 aromatic rings. The summed E-state index contributed by atoms with van der Waals surface area (Å²) in [6.45, 7) is 0. The fourth-order valence-corrected chi connectivity index (χ4v) is 9.55. The number of anilines is 3. The first kappa shape index (κ1) is 33.0. The van der Waals surface area contributed by atoms with Crippen LogP contribution >= 0.6 is 0 Å². The zero-order chi connectivity index (χ0) is 37.8. The number of fused-ring (bicyclic) bond motifs is 6. The Labute approximate surface area is 333 Å². The maximum absolute atomic E-state index is 2.51. The second kappa shape index (κ2) is 13.4. The molecule has 0 spiro atoms. The van der Waals surface area contributed by atoms with Crippen molar-refractivity contribution in [2.24, 2.45) is 0 Å². The van der Waals surface area contributed by atoms with Crippen molar-refractivity contribution in [3.8, 4) is 27.9 Å². The van der Waals surface area contributed by atoms with E-state index < -0.39 is 5.41 Å². The van der Waals surface area contributed by atoms with Crippen LogP contribution in [-0.4, -0.2) is 4.57 Å². The molecule has 0 atom stereocenters. The van der Waals surface area contributed by atoms with E-state index in [0.717, 1.165) is 22.7 Å². The summed E-state index contributed by atoms with van der Waals surface area (Å²) >= 11 is 0. The Morgan fingerprint density at radius 1 is 0.368 bits per heavy atom. The van der Waals surface area contributed by atoms with Gasteiger partial charge in [0.25, 0.3) is 0 Å². The molecule has 1 aliphatic carbocycles. The van der Waals surface area contributed by atoms with Gasteiger partial charge in [-0.15, -0.1) is 0 Å². The monoisotopic (exact) mass is 726 g/mol. The van der Waals surface area contributed by atoms with Gasteiger partial charge in [0.15, 0.2) is 0 Å². The molecule has 0 saturated carbocycles. The summed E-state index contributed by atoms with van der Waals surface area (Å²) in [6.07, 6.45) is 0. The number of aromatic nitrogens is 1. The lowest BCUT2D eigenvalue weighted by Crippen LogP contribution is -2.28. The van der Waals surface area contributed by atoms with E-state index in [1.54, 1.807) is 0 Å². The minimum Gasteiger partial charge on any atom is -0.309 e. The quantitative estimate of drug-likeness (QED) is 0.159. The number of hydrogen-bond acceptors (Lipinski definition) is 1. The van der Waals surface area contributed by atoms with Crippen LogP contribution in [0.3, 0.4) is 0 Å². The topological polar surface area (TPSA) is 8.17 Å². The lowest BCUT2D eigenvalue weighted by molar-refractivity contribution is 0.768. The third-order valence-electron chi connectivity index (χ3n) is 11.9. The van der Waals surface area contributed by atoms with Crippen molar-refractivity contribution in [3.63, 3.8) is 0 Å². The van der Waals surface area contributed by atoms with Gasteiger partial charge in [-0.2, -0.15) is 0 Å². The Bertz CT molecular complexity index is 3020. The minimum absolute atomic E-state index is 0.523. The van der Waals surface area contributed by atoms with E-state index in [4.69, 9.17) is 0 Å². The van der Waals surface area contributed by atoms with Gasteiger partial charge in [-0.25, -0.2) is 0 Å². The number of para-hydroxylation sites is 3. The van der Waals surface area contributed by atoms with Crippen molar-refractivity contribution in [3.05, 3.63) is 253 Å². The van der Waals surface area contributed by atoms with E-state index >= 15 is 0 Å². The highest BCUT2D eigenvalue weighted by atomic mass is 15.2. The standard InChI is InChI=1S/C55H38N2/c1-5-20-39(21-6-1)44-28-14-17-32-50(44)57(53-35-19-34-52-54(53)47-30-15-18-33-51(47)56(52)42-26-11-4-12-27-42)43-36-37-46-45-29-13-16-31-48(45)55(49(46)38-43,40-22-7-2-8-23-40)41-24-9-3-10-25-41/h1-38H. The normalized spacial score (nSPS) is 12.7. The van der Waals surface area contributed by atoms with Crippen LogP contribution in [0.2, 0.25) is 0 Å². The minimum atomic E-state index is -0.523. The second-order valence-corrected chi connectivity index (χ2v) is 14.8. The molecule has 0 N–H and O–H groups in total. The van der Waals surface area contributed by atoms with Crippen molar-refractivity contribution in [1.82, 2.24) is 4.57 Å². The molecule has 9 aromatic carbocycles. The molecule has 0 unspecified atom stereocenters. The predicted molar refractivity (Wildman–Crippen MR) is 238 cm³/mol. The molecule has 2 heteroatoms. The Hall–Kier alpha value is -7.42. The van der Waals surface area contributed by atoms with Crippen LogP contribution in [-0.2, 0) is 5.41 Å². The van der Waals surface area contributed by atoms with Gasteiger partial charge in [-0.1, -0.05) is 182 Å². The van der Waals surface area contributed by atoms with Gasteiger partial charge >= 0.3 is 0 Å². The molecule has 2 nitrogen and oxygen atoms in total. The van der Waals surface area contributed by atoms with Crippen LogP contribution < -0.4 is 4.90 Å². The molecular weight excluding hydrogens is 689 g/mol. The largest absolute Gasteiger partial charge is 0.309 e. The Morgan fingerprint density at radius 2 is 0.912 bits per heavy atom. The molecule has 268 valence electrons. The van der Waals surface area contributed by atoms with Gasteiger partial charge in [0, 0.05) is 27.7 Å². The van der Waals surface area contributed by atoms with Gasteiger partial charge in [0.05, 0.1) is 27.8 Å². The summed E-state index contributed by atoms with van der Waals surface area (Å²) in [5.74, 6) is 0. The van der Waals surface area contributed by atoms with E-state index in [-0.39, 0.29) is 0 Å².